The number of hydrogen-bond acceptors (Lipinski definition) is 2. The Morgan fingerprint density at radius 1 is 1.24 bits per heavy atom. The smallest absolute Gasteiger partial charge is 0.379 e. The van der Waals surface area contributed by atoms with Crippen molar-refractivity contribution in [3.05, 3.63) is 41.0 Å². The highest BCUT2D eigenvalue weighted by molar-refractivity contribution is 6.35. The molecule has 1 N–H and O–H groups in total. The van der Waals surface area contributed by atoms with Crippen LogP contribution in [0.3, 0.4) is 0 Å². The molecule has 1 heterocycles. The Morgan fingerprint density at radius 2 is 1.94 bits per heavy atom. The van der Waals surface area contributed by atoms with Crippen molar-refractivity contribution in [1.82, 2.24) is 4.98 Å². The minimum absolute atomic E-state index is 0.0600. The summed E-state index contributed by atoms with van der Waals surface area (Å²) < 4.78 is 37.4. The van der Waals surface area contributed by atoms with E-state index in [1.54, 1.807) is 12.1 Å². The Bertz CT molecular complexity index is 556. The fourth-order valence-corrected chi connectivity index (χ4v) is 1.77. The Morgan fingerprint density at radius 3 is 2.59 bits per heavy atom. The molecule has 2 aromatic rings. The first kappa shape index (κ1) is 12.1. The molecule has 0 amide bonds. The number of aliphatic hydroxyl groups is 1. The summed E-state index contributed by atoms with van der Waals surface area (Å²) in [5.41, 5.74) is -0.234. The van der Waals surface area contributed by atoms with E-state index in [2.05, 4.69) is 4.98 Å². The number of nitrogens with zero attached hydrogens (tertiary/aromatic N) is 1. The molecule has 1 atom stereocenters. The van der Waals surface area contributed by atoms with Crippen molar-refractivity contribution in [2.24, 2.45) is 0 Å². The number of rotatable bonds is 1. The molecule has 2 nitrogen and oxygen atoms in total. The van der Waals surface area contributed by atoms with Gasteiger partial charge in [0.2, 0.25) is 0 Å². The summed E-state index contributed by atoms with van der Waals surface area (Å²) in [7, 11) is 0. The van der Waals surface area contributed by atoms with Gasteiger partial charge in [-0.3, -0.25) is 4.98 Å². The highest BCUT2D eigenvalue weighted by Gasteiger charge is 2.40. The van der Waals surface area contributed by atoms with E-state index in [0.717, 1.165) is 6.07 Å². The Balaban J connectivity index is 2.67. The SMILES string of the molecule is OC(c1ccc(Cl)c2cccnc12)C(F)(F)F. The molecular weight excluding hydrogens is 255 g/mol. The molecule has 90 valence electrons. The molecule has 6 heteroatoms. The van der Waals surface area contributed by atoms with Crippen molar-refractivity contribution in [2.75, 3.05) is 0 Å². The van der Waals surface area contributed by atoms with Crippen LogP contribution in [0.15, 0.2) is 30.5 Å². The maximum Gasteiger partial charge on any atom is 0.418 e. The van der Waals surface area contributed by atoms with Crippen molar-refractivity contribution in [3.8, 4) is 0 Å². The molecule has 0 aliphatic heterocycles. The number of halogens is 4. The van der Waals surface area contributed by atoms with Crippen LogP contribution < -0.4 is 0 Å². The van der Waals surface area contributed by atoms with E-state index >= 15 is 0 Å². The van der Waals surface area contributed by atoms with Gasteiger partial charge < -0.3 is 5.11 Å². The minimum atomic E-state index is -4.72. The van der Waals surface area contributed by atoms with Gasteiger partial charge in [-0.2, -0.15) is 13.2 Å². The van der Waals surface area contributed by atoms with Crippen molar-refractivity contribution in [2.45, 2.75) is 12.3 Å². The van der Waals surface area contributed by atoms with Gasteiger partial charge in [-0.1, -0.05) is 17.7 Å². The molecule has 1 unspecified atom stereocenters. The van der Waals surface area contributed by atoms with Crippen molar-refractivity contribution in [1.29, 1.82) is 0 Å². The number of aliphatic hydroxyl groups excluding tert-OH is 1. The predicted octanol–water partition coefficient (Wildman–Crippen LogP) is 3.48. The number of fused-ring (bicyclic) bond motifs is 1. The molecular formula is C11H7ClF3NO. The number of pyridine rings is 1. The van der Waals surface area contributed by atoms with Crippen LogP contribution in [0.2, 0.25) is 5.02 Å². The van der Waals surface area contributed by atoms with Crippen LogP contribution in [0, 0.1) is 0 Å². The normalized spacial score (nSPS) is 13.9. The molecule has 0 aliphatic carbocycles. The second kappa shape index (κ2) is 4.16. The average molecular weight is 262 g/mol. The molecule has 0 saturated carbocycles. The Labute approximate surface area is 99.7 Å². The number of alkyl halides is 3. The highest BCUT2D eigenvalue weighted by atomic mass is 35.5. The second-order valence-electron chi connectivity index (χ2n) is 3.48. The summed E-state index contributed by atoms with van der Waals surface area (Å²) >= 11 is 5.85. The van der Waals surface area contributed by atoms with Gasteiger partial charge in [0.05, 0.1) is 5.52 Å². The fraction of sp³-hybridized carbons (Fsp3) is 0.182. The zero-order valence-electron chi connectivity index (χ0n) is 8.37. The molecule has 1 aromatic carbocycles. The van der Waals surface area contributed by atoms with E-state index in [9.17, 15) is 18.3 Å². The van der Waals surface area contributed by atoms with Gasteiger partial charge in [-0.15, -0.1) is 0 Å². The monoisotopic (exact) mass is 261 g/mol. The maximum absolute atomic E-state index is 12.5. The van der Waals surface area contributed by atoms with E-state index in [1.165, 1.54) is 12.3 Å². The first-order valence-electron chi connectivity index (χ1n) is 4.69. The van der Waals surface area contributed by atoms with E-state index in [1.807, 2.05) is 0 Å². The zero-order valence-corrected chi connectivity index (χ0v) is 9.13. The first-order valence-corrected chi connectivity index (χ1v) is 5.07. The van der Waals surface area contributed by atoms with Crippen LogP contribution in [0.4, 0.5) is 13.2 Å². The number of hydrogen-bond donors (Lipinski definition) is 1. The van der Waals surface area contributed by atoms with E-state index in [4.69, 9.17) is 11.6 Å². The molecule has 0 radical (unpaired) electrons. The lowest BCUT2D eigenvalue weighted by Gasteiger charge is -2.16. The van der Waals surface area contributed by atoms with Crippen molar-refractivity contribution >= 4 is 22.5 Å². The first-order chi connectivity index (χ1) is 7.91. The molecule has 0 bridgehead atoms. The standard InChI is InChI=1S/C11H7ClF3NO/c12-8-4-3-7(10(17)11(13,14)15)9-6(8)2-1-5-16-9/h1-5,10,17H. The third kappa shape index (κ3) is 2.21. The summed E-state index contributed by atoms with van der Waals surface area (Å²) in [5.74, 6) is 0. The van der Waals surface area contributed by atoms with Crippen LogP contribution in [-0.4, -0.2) is 16.3 Å². The maximum atomic E-state index is 12.5. The van der Waals surface area contributed by atoms with Gasteiger partial charge in [-0.05, 0) is 18.2 Å². The molecule has 1 aromatic heterocycles. The lowest BCUT2D eigenvalue weighted by atomic mass is 10.0. The Kier molecular flexibility index (Phi) is 2.97. The molecule has 0 spiro atoms. The van der Waals surface area contributed by atoms with Crippen LogP contribution >= 0.6 is 11.6 Å². The third-order valence-electron chi connectivity index (χ3n) is 2.35. The second-order valence-corrected chi connectivity index (χ2v) is 3.89. The van der Waals surface area contributed by atoms with Gasteiger partial charge in [0.15, 0.2) is 6.10 Å². The van der Waals surface area contributed by atoms with Crippen LogP contribution in [-0.2, 0) is 0 Å². The summed E-state index contributed by atoms with van der Waals surface area (Å²) in [6.45, 7) is 0. The van der Waals surface area contributed by atoms with Gasteiger partial charge in [0.1, 0.15) is 0 Å². The average Bonchev–Trinajstić information content (AvgIpc) is 2.28. The summed E-state index contributed by atoms with van der Waals surface area (Å²) in [5, 5.41) is 9.92. The molecule has 2 rings (SSSR count). The van der Waals surface area contributed by atoms with Crippen LogP contribution in [0.5, 0.6) is 0 Å². The van der Waals surface area contributed by atoms with E-state index < -0.39 is 12.3 Å². The fourth-order valence-electron chi connectivity index (χ4n) is 1.56. The summed E-state index contributed by atoms with van der Waals surface area (Å²) in [6.07, 6.45) is -5.93. The third-order valence-corrected chi connectivity index (χ3v) is 2.68. The molecule has 0 fully saturated rings. The number of benzene rings is 1. The molecule has 17 heavy (non-hydrogen) atoms. The Hall–Kier alpha value is -1.33. The van der Waals surface area contributed by atoms with E-state index in [-0.39, 0.29) is 11.1 Å². The van der Waals surface area contributed by atoms with E-state index in [0.29, 0.717) is 10.4 Å². The van der Waals surface area contributed by atoms with Gasteiger partial charge >= 0.3 is 6.18 Å². The number of aromatic nitrogens is 1. The highest BCUT2D eigenvalue weighted by Crippen LogP contribution is 2.36. The molecule has 0 saturated heterocycles. The van der Waals surface area contributed by atoms with Crippen molar-refractivity contribution in [3.63, 3.8) is 0 Å². The minimum Gasteiger partial charge on any atom is -0.379 e. The predicted molar refractivity (Wildman–Crippen MR) is 57.8 cm³/mol. The largest absolute Gasteiger partial charge is 0.418 e. The zero-order chi connectivity index (χ0) is 12.6. The summed E-state index contributed by atoms with van der Waals surface area (Å²) in [4.78, 5) is 3.83. The van der Waals surface area contributed by atoms with Crippen molar-refractivity contribution < 1.29 is 18.3 Å². The van der Waals surface area contributed by atoms with Gasteiger partial charge in [-0.25, -0.2) is 0 Å². The van der Waals surface area contributed by atoms with Crippen LogP contribution in [0.1, 0.15) is 11.7 Å². The van der Waals surface area contributed by atoms with Gasteiger partial charge in [0, 0.05) is 22.2 Å². The summed E-state index contributed by atoms with van der Waals surface area (Å²) in [6, 6.07) is 5.57. The topological polar surface area (TPSA) is 33.1 Å². The van der Waals surface area contributed by atoms with Crippen LogP contribution in [0.25, 0.3) is 10.9 Å². The lowest BCUT2D eigenvalue weighted by molar-refractivity contribution is -0.206. The van der Waals surface area contributed by atoms with Gasteiger partial charge in [0.25, 0.3) is 0 Å². The molecule has 0 aliphatic rings. The lowest BCUT2D eigenvalue weighted by Crippen LogP contribution is -2.20. The quantitative estimate of drug-likeness (QED) is 0.852.